The zero-order valence-corrected chi connectivity index (χ0v) is 14.2. The second kappa shape index (κ2) is 6.26. The summed E-state index contributed by atoms with van der Waals surface area (Å²) < 4.78 is 5.07. The fourth-order valence-electron chi connectivity index (χ4n) is 2.83. The minimum Gasteiger partial charge on any atom is -0.497 e. The molecule has 1 amide bonds. The van der Waals surface area contributed by atoms with Crippen molar-refractivity contribution in [3.05, 3.63) is 57.6 Å². The van der Waals surface area contributed by atoms with Crippen molar-refractivity contribution in [3.63, 3.8) is 0 Å². The van der Waals surface area contributed by atoms with Gasteiger partial charge in [0.2, 0.25) is 0 Å². The molecule has 7 heteroatoms. The van der Waals surface area contributed by atoms with Gasteiger partial charge >= 0.3 is 0 Å². The molecule has 2 aromatic carbocycles. The van der Waals surface area contributed by atoms with Crippen molar-refractivity contribution in [3.8, 4) is 5.75 Å². The number of ether oxygens (including phenoxy) is 1. The Morgan fingerprint density at radius 1 is 1.17 bits per heavy atom. The summed E-state index contributed by atoms with van der Waals surface area (Å²) >= 11 is 12.2. The number of aliphatic hydroxyl groups is 2. The van der Waals surface area contributed by atoms with E-state index in [4.69, 9.17) is 27.9 Å². The van der Waals surface area contributed by atoms with Crippen LogP contribution >= 0.6 is 23.2 Å². The Morgan fingerprint density at radius 3 is 2.42 bits per heavy atom. The fourth-order valence-corrected chi connectivity index (χ4v) is 3.35. The molecule has 1 aliphatic heterocycles. The van der Waals surface area contributed by atoms with E-state index in [2.05, 4.69) is 5.32 Å². The largest absolute Gasteiger partial charge is 0.497 e. The number of rotatable bonds is 4. The normalized spacial score (nSPS) is 20.5. The minimum absolute atomic E-state index is 0.189. The van der Waals surface area contributed by atoms with Gasteiger partial charge < -0.3 is 20.3 Å². The standard InChI is InChI=1S/C17H15Cl2NO4/c1-24-10-4-2-9(3-5-10)13(21)8-17(23)14-11(18)6-7-12(19)15(14)20-16(17)22/h2-7,13,21,23H,8H2,1H3,(H,20,22). The number of carbonyl (C=O) groups excluding carboxylic acids is 1. The molecule has 0 saturated carbocycles. The van der Waals surface area contributed by atoms with Gasteiger partial charge in [-0.3, -0.25) is 4.79 Å². The first-order chi connectivity index (χ1) is 11.4. The van der Waals surface area contributed by atoms with E-state index in [1.165, 1.54) is 12.1 Å². The maximum absolute atomic E-state index is 12.3. The summed E-state index contributed by atoms with van der Waals surface area (Å²) in [6, 6.07) is 9.76. The van der Waals surface area contributed by atoms with E-state index in [1.807, 2.05) is 0 Å². The molecule has 1 heterocycles. The minimum atomic E-state index is -1.96. The summed E-state index contributed by atoms with van der Waals surface area (Å²) in [4.78, 5) is 12.3. The summed E-state index contributed by atoms with van der Waals surface area (Å²) in [6.07, 6.45) is -1.33. The van der Waals surface area contributed by atoms with Crippen LogP contribution in [0.5, 0.6) is 5.75 Å². The number of nitrogens with one attached hydrogen (secondary N) is 1. The number of hydrogen-bond donors (Lipinski definition) is 3. The molecule has 2 atom stereocenters. The topological polar surface area (TPSA) is 78.8 Å². The van der Waals surface area contributed by atoms with Crippen LogP contribution in [0.1, 0.15) is 23.7 Å². The summed E-state index contributed by atoms with van der Waals surface area (Å²) in [7, 11) is 1.54. The predicted molar refractivity (Wildman–Crippen MR) is 91.6 cm³/mol. The van der Waals surface area contributed by atoms with Crippen molar-refractivity contribution >= 4 is 34.8 Å². The summed E-state index contributed by atoms with van der Waals surface area (Å²) in [6.45, 7) is 0. The van der Waals surface area contributed by atoms with E-state index in [1.54, 1.807) is 31.4 Å². The molecule has 126 valence electrons. The molecular weight excluding hydrogens is 353 g/mol. The van der Waals surface area contributed by atoms with Gasteiger partial charge in [-0.05, 0) is 29.8 Å². The van der Waals surface area contributed by atoms with E-state index in [-0.39, 0.29) is 27.7 Å². The molecule has 2 unspecified atom stereocenters. The van der Waals surface area contributed by atoms with E-state index < -0.39 is 17.6 Å². The number of amides is 1. The first kappa shape index (κ1) is 17.0. The van der Waals surface area contributed by atoms with Crippen molar-refractivity contribution in [2.75, 3.05) is 12.4 Å². The molecule has 0 aliphatic carbocycles. The highest BCUT2D eigenvalue weighted by Crippen LogP contribution is 2.47. The molecule has 1 aliphatic rings. The summed E-state index contributed by atoms with van der Waals surface area (Å²) in [5.41, 5.74) is -0.951. The SMILES string of the molecule is COc1ccc(C(O)CC2(O)C(=O)Nc3c(Cl)ccc(Cl)c32)cc1. The number of halogens is 2. The van der Waals surface area contributed by atoms with Gasteiger partial charge in [0.1, 0.15) is 5.75 Å². The van der Waals surface area contributed by atoms with Gasteiger partial charge in [-0.2, -0.15) is 0 Å². The molecule has 3 rings (SSSR count). The Bertz CT molecular complexity index is 794. The summed E-state index contributed by atoms with van der Waals surface area (Å²) in [5.74, 6) is -0.0245. The Kier molecular flexibility index (Phi) is 4.44. The monoisotopic (exact) mass is 367 g/mol. The highest BCUT2D eigenvalue weighted by molar-refractivity contribution is 6.38. The predicted octanol–water partition coefficient (Wildman–Crippen LogP) is 3.27. The third-order valence-corrected chi connectivity index (χ3v) is 4.75. The fraction of sp³-hybridized carbons (Fsp3) is 0.235. The smallest absolute Gasteiger partial charge is 0.261 e. The van der Waals surface area contributed by atoms with Crippen LogP contribution in [0.25, 0.3) is 0 Å². The molecule has 0 bridgehead atoms. The molecular formula is C17H15Cl2NO4. The van der Waals surface area contributed by atoms with E-state index in [9.17, 15) is 15.0 Å². The lowest BCUT2D eigenvalue weighted by molar-refractivity contribution is -0.137. The van der Waals surface area contributed by atoms with Crippen LogP contribution in [0.3, 0.4) is 0 Å². The Morgan fingerprint density at radius 2 is 1.79 bits per heavy atom. The van der Waals surface area contributed by atoms with Crippen molar-refractivity contribution in [2.24, 2.45) is 0 Å². The molecule has 3 N–H and O–H groups in total. The Hall–Kier alpha value is -1.79. The number of benzene rings is 2. The van der Waals surface area contributed by atoms with Gasteiger partial charge in [-0.1, -0.05) is 35.3 Å². The summed E-state index contributed by atoms with van der Waals surface area (Å²) in [5, 5.41) is 24.4. The van der Waals surface area contributed by atoms with Gasteiger partial charge in [0.25, 0.3) is 5.91 Å². The number of aliphatic hydroxyl groups excluding tert-OH is 1. The number of fused-ring (bicyclic) bond motifs is 1. The Balaban J connectivity index is 1.94. The second-order valence-corrected chi connectivity index (χ2v) is 6.40. The molecule has 0 saturated heterocycles. The van der Waals surface area contributed by atoms with Crippen molar-refractivity contribution in [2.45, 2.75) is 18.1 Å². The third-order valence-electron chi connectivity index (χ3n) is 4.12. The van der Waals surface area contributed by atoms with Crippen LogP contribution < -0.4 is 10.1 Å². The maximum atomic E-state index is 12.3. The zero-order chi connectivity index (χ0) is 17.5. The van der Waals surface area contributed by atoms with Crippen LogP contribution in [0.4, 0.5) is 5.69 Å². The number of carbonyl (C=O) groups is 1. The molecule has 0 aromatic heterocycles. The lowest BCUT2D eigenvalue weighted by atomic mass is 9.87. The van der Waals surface area contributed by atoms with Crippen LogP contribution in [-0.4, -0.2) is 23.2 Å². The highest BCUT2D eigenvalue weighted by Gasteiger charge is 2.49. The van der Waals surface area contributed by atoms with Gasteiger partial charge in [0, 0.05) is 17.0 Å². The van der Waals surface area contributed by atoms with Crippen LogP contribution in [0.2, 0.25) is 10.0 Å². The second-order valence-electron chi connectivity index (χ2n) is 5.59. The first-order valence-electron chi connectivity index (χ1n) is 7.21. The van der Waals surface area contributed by atoms with Crippen molar-refractivity contribution in [1.29, 1.82) is 0 Å². The third kappa shape index (κ3) is 2.74. The zero-order valence-electron chi connectivity index (χ0n) is 12.7. The van der Waals surface area contributed by atoms with E-state index in [0.29, 0.717) is 11.3 Å². The number of hydrogen-bond acceptors (Lipinski definition) is 4. The quantitative estimate of drug-likeness (QED) is 0.774. The van der Waals surface area contributed by atoms with Crippen LogP contribution in [0.15, 0.2) is 36.4 Å². The Labute approximate surface area is 148 Å². The van der Waals surface area contributed by atoms with Crippen molar-refractivity contribution < 1.29 is 19.7 Å². The lowest BCUT2D eigenvalue weighted by Gasteiger charge is -2.25. The lowest BCUT2D eigenvalue weighted by Crippen LogP contribution is -2.36. The van der Waals surface area contributed by atoms with Gasteiger partial charge in [-0.25, -0.2) is 0 Å². The van der Waals surface area contributed by atoms with E-state index in [0.717, 1.165) is 0 Å². The van der Waals surface area contributed by atoms with Gasteiger partial charge in [-0.15, -0.1) is 0 Å². The van der Waals surface area contributed by atoms with Crippen molar-refractivity contribution in [1.82, 2.24) is 0 Å². The molecule has 5 nitrogen and oxygen atoms in total. The molecule has 2 aromatic rings. The molecule has 0 fully saturated rings. The number of methoxy groups -OCH3 is 1. The maximum Gasteiger partial charge on any atom is 0.261 e. The first-order valence-corrected chi connectivity index (χ1v) is 7.96. The van der Waals surface area contributed by atoms with Gasteiger partial charge in [0.15, 0.2) is 5.60 Å². The average Bonchev–Trinajstić information content (AvgIpc) is 2.83. The van der Waals surface area contributed by atoms with Gasteiger partial charge in [0.05, 0.1) is 23.9 Å². The molecule has 0 spiro atoms. The highest BCUT2D eigenvalue weighted by atomic mass is 35.5. The number of anilines is 1. The molecule has 24 heavy (non-hydrogen) atoms. The average molecular weight is 368 g/mol. The van der Waals surface area contributed by atoms with Crippen LogP contribution in [0, 0.1) is 0 Å². The molecule has 0 radical (unpaired) electrons. The van der Waals surface area contributed by atoms with Crippen LogP contribution in [-0.2, 0) is 10.4 Å². The van der Waals surface area contributed by atoms with E-state index >= 15 is 0 Å².